The third-order valence-corrected chi connectivity index (χ3v) is 2.14. The van der Waals surface area contributed by atoms with Crippen LogP contribution < -0.4 is 0 Å². The average molecular weight is 256 g/mol. The number of allylic oxidation sites excluding steroid dienone is 1. The topological polar surface area (TPSA) is 43.1 Å². The summed E-state index contributed by atoms with van der Waals surface area (Å²) in [6.45, 7) is 1.84. The molecule has 0 aromatic heterocycles. The van der Waals surface area contributed by atoms with E-state index in [9.17, 15) is 10.1 Å². The number of hydrogen-bond donors (Lipinski definition) is 0. The van der Waals surface area contributed by atoms with Gasteiger partial charge in [0.05, 0.1) is 10.5 Å². The van der Waals surface area contributed by atoms with Gasteiger partial charge in [-0.3, -0.25) is 10.1 Å². The molecule has 0 heterocycles. The maximum absolute atomic E-state index is 10.7. The smallest absolute Gasteiger partial charge is 0.258 e. The molecule has 0 saturated heterocycles. The summed E-state index contributed by atoms with van der Waals surface area (Å²) >= 11 is 3.23. The molecular weight excluding hydrogens is 246 g/mol. The van der Waals surface area contributed by atoms with Crippen LogP contribution in [-0.4, -0.2) is 10.3 Å². The standard InChI is InChI=1S/C10H10BrNO2/c1-8-4-5-9(3-2-6-11)10(7-8)12(13)14/h2-5,7H,6H2,1H3. The van der Waals surface area contributed by atoms with Gasteiger partial charge in [-0.1, -0.05) is 34.1 Å². The number of rotatable bonds is 3. The minimum Gasteiger partial charge on any atom is -0.258 e. The van der Waals surface area contributed by atoms with Crippen molar-refractivity contribution in [1.82, 2.24) is 0 Å². The molecule has 0 atom stereocenters. The number of aryl methyl sites for hydroxylation is 1. The van der Waals surface area contributed by atoms with Crippen LogP contribution in [-0.2, 0) is 0 Å². The lowest BCUT2D eigenvalue weighted by Gasteiger charge is -1.98. The van der Waals surface area contributed by atoms with Crippen LogP contribution in [0.25, 0.3) is 6.08 Å². The molecule has 0 saturated carbocycles. The quantitative estimate of drug-likeness (QED) is 0.473. The van der Waals surface area contributed by atoms with E-state index in [1.54, 1.807) is 18.2 Å². The van der Waals surface area contributed by atoms with E-state index < -0.39 is 0 Å². The summed E-state index contributed by atoms with van der Waals surface area (Å²) in [7, 11) is 0. The normalized spacial score (nSPS) is 10.7. The van der Waals surface area contributed by atoms with Crippen molar-refractivity contribution in [3.63, 3.8) is 0 Å². The Hall–Kier alpha value is -1.16. The van der Waals surface area contributed by atoms with Gasteiger partial charge in [-0.25, -0.2) is 0 Å². The summed E-state index contributed by atoms with van der Waals surface area (Å²) in [5.41, 5.74) is 1.69. The summed E-state index contributed by atoms with van der Waals surface area (Å²) in [6, 6.07) is 5.20. The van der Waals surface area contributed by atoms with E-state index in [0.717, 1.165) is 5.56 Å². The fourth-order valence-corrected chi connectivity index (χ4v) is 1.31. The van der Waals surface area contributed by atoms with E-state index in [2.05, 4.69) is 15.9 Å². The molecule has 0 fully saturated rings. The molecular formula is C10H10BrNO2. The molecule has 0 spiro atoms. The van der Waals surface area contributed by atoms with Gasteiger partial charge in [0, 0.05) is 11.4 Å². The Morgan fingerprint density at radius 2 is 2.29 bits per heavy atom. The molecule has 0 aliphatic heterocycles. The van der Waals surface area contributed by atoms with Crippen LogP contribution in [0.1, 0.15) is 11.1 Å². The maximum Gasteiger partial charge on any atom is 0.276 e. The lowest BCUT2D eigenvalue weighted by atomic mass is 10.1. The Labute approximate surface area is 90.7 Å². The Morgan fingerprint density at radius 1 is 1.57 bits per heavy atom. The number of alkyl halides is 1. The van der Waals surface area contributed by atoms with E-state index in [1.165, 1.54) is 0 Å². The number of nitro groups is 1. The first kappa shape index (κ1) is 10.9. The van der Waals surface area contributed by atoms with Crippen molar-refractivity contribution < 1.29 is 4.92 Å². The first-order valence-electron chi connectivity index (χ1n) is 4.12. The molecule has 1 aromatic carbocycles. The van der Waals surface area contributed by atoms with Crippen LogP contribution in [0.5, 0.6) is 0 Å². The second-order valence-electron chi connectivity index (χ2n) is 2.88. The predicted octanol–water partition coefficient (Wildman–Crippen LogP) is 3.31. The number of hydrogen-bond acceptors (Lipinski definition) is 2. The zero-order valence-corrected chi connectivity index (χ0v) is 9.32. The van der Waals surface area contributed by atoms with Gasteiger partial charge < -0.3 is 0 Å². The number of benzene rings is 1. The van der Waals surface area contributed by atoms with Crippen molar-refractivity contribution in [2.45, 2.75) is 6.92 Å². The van der Waals surface area contributed by atoms with E-state index in [1.807, 2.05) is 19.1 Å². The average Bonchev–Trinajstić information content (AvgIpc) is 2.15. The van der Waals surface area contributed by atoms with Crippen LogP contribution in [0.4, 0.5) is 5.69 Å². The van der Waals surface area contributed by atoms with Crippen molar-refractivity contribution in [3.8, 4) is 0 Å². The number of nitro benzene ring substituents is 1. The Kier molecular flexibility index (Phi) is 3.83. The minimum absolute atomic E-state index is 0.155. The molecule has 0 amide bonds. The van der Waals surface area contributed by atoms with Gasteiger partial charge in [-0.15, -0.1) is 0 Å². The first-order chi connectivity index (χ1) is 6.65. The van der Waals surface area contributed by atoms with Crippen molar-refractivity contribution in [3.05, 3.63) is 45.5 Å². The molecule has 1 aromatic rings. The minimum atomic E-state index is -0.360. The molecule has 0 aliphatic rings. The lowest BCUT2D eigenvalue weighted by Crippen LogP contribution is -1.92. The van der Waals surface area contributed by atoms with Crippen molar-refractivity contribution >= 4 is 27.7 Å². The Bertz CT molecular complexity index is 374. The molecule has 1 rings (SSSR count). The SMILES string of the molecule is Cc1ccc(C=CCBr)c([N+](=O)[O-])c1. The van der Waals surface area contributed by atoms with E-state index in [-0.39, 0.29) is 10.6 Å². The molecule has 4 heteroatoms. The maximum atomic E-state index is 10.7. The highest BCUT2D eigenvalue weighted by atomic mass is 79.9. The highest BCUT2D eigenvalue weighted by molar-refractivity contribution is 9.09. The first-order valence-corrected chi connectivity index (χ1v) is 5.25. The highest BCUT2D eigenvalue weighted by Gasteiger charge is 2.10. The van der Waals surface area contributed by atoms with Crippen LogP contribution in [0.2, 0.25) is 0 Å². The zero-order valence-electron chi connectivity index (χ0n) is 7.74. The van der Waals surface area contributed by atoms with Crippen molar-refractivity contribution in [2.75, 3.05) is 5.33 Å². The van der Waals surface area contributed by atoms with E-state index >= 15 is 0 Å². The summed E-state index contributed by atoms with van der Waals surface area (Å²) in [5.74, 6) is 0. The molecule has 0 aliphatic carbocycles. The van der Waals surface area contributed by atoms with Crippen LogP contribution in [0.15, 0.2) is 24.3 Å². The van der Waals surface area contributed by atoms with Gasteiger partial charge in [-0.05, 0) is 18.6 Å². The number of halogens is 1. The van der Waals surface area contributed by atoms with E-state index in [4.69, 9.17) is 0 Å². The summed E-state index contributed by atoms with van der Waals surface area (Å²) in [6.07, 6.45) is 3.57. The van der Waals surface area contributed by atoms with Crippen LogP contribution in [0, 0.1) is 17.0 Å². The van der Waals surface area contributed by atoms with Gasteiger partial charge in [0.2, 0.25) is 0 Å². The molecule has 74 valence electrons. The van der Waals surface area contributed by atoms with Gasteiger partial charge in [0.15, 0.2) is 0 Å². The molecule has 0 N–H and O–H groups in total. The summed E-state index contributed by atoms with van der Waals surface area (Å²) < 4.78 is 0. The van der Waals surface area contributed by atoms with Gasteiger partial charge in [0.1, 0.15) is 0 Å². The summed E-state index contributed by atoms with van der Waals surface area (Å²) in [5, 5.41) is 11.4. The molecule has 14 heavy (non-hydrogen) atoms. The Morgan fingerprint density at radius 3 is 2.86 bits per heavy atom. The largest absolute Gasteiger partial charge is 0.276 e. The van der Waals surface area contributed by atoms with Gasteiger partial charge >= 0.3 is 0 Å². The van der Waals surface area contributed by atoms with E-state index in [0.29, 0.717) is 10.9 Å². The fourth-order valence-electron chi connectivity index (χ4n) is 1.12. The molecule has 0 bridgehead atoms. The highest BCUT2D eigenvalue weighted by Crippen LogP contribution is 2.21. The second-order valence-corrected chi connectivity index (χ2v) is 3.52. The number of nitrogens with zero attached hydrogens (tertiary/aromatic N) is 1. The lowest BCUT2D eigenvalue weighted by molar-refractivity contribution is -0.385. The molecule has 0 radical (unpaired) electrons. The van der Waals surface area contributed by atoms with Crippen LogP contribution in [0.3, 0.4) is 0 Å². The third kappa shape index (κ3) is 2.67. The fraction of sp³-hybridized carbons (Fsp3) is 0.200. The Balaban J connectivity index is 3.15. The second kappa shape index (κ2) is 4.91. The third-order valence-electron chi connectivity index (χ3n) is 1.77. The zero-order chi connectivity index (χ0) is 10.6. The molecule has 3 nitrogen and oxygen atoms in total. The van der Waals surface area contributed by atoms with Gasteiger partial charge in [-0.2, -0.15) is 0 Å². The predicted molar refractivity (Wildman–Crippen MR) is 60.7 cm³/mol. The van der Waals surface area contributed by atoms with Crippen molar-refractivity contribution in [1.29, 1.82) is 0 Å². The van der Waals surface area contributed by atoms with Crippen LogP contribution >= 0.6 is 15.9 Å². The summed E-state index contributed by atoms with van der Waals surface area (Å²) in [4.78, 5) is 10.3. The van der Waals surface area contributed by atoms with Crippen molar-refractivity contribution in [2.24, 2.45) is 0 Å². The monoisotopic (exact) mass is 255 g/mol. The molecule has 0 unspecified atom stereocenters. The van der Waals surface area contributed by atoms with Gasteiger partial charge in [0.25, 0.3) is 5.69 Å².